The lowest BCUT2D eigenvalue weighted by Gasteiger charge is -2.15. The Hall–Kier alpha value is -0.770. The summed E-state index contributed by atoms with van der Waals surface area (Å²) in [5.41, 5.74) is 1.46. The van der Waals surface area contributed by atoms with Gasteiger partial charge in [-0.1, -0.05) is 18.2 Å². The maximum atomic E-state index is 3.42. The molecule has 2 rings (SSSR count). The summed E-state index contributed by atoms with van der Waals surface area (Å²) >= 11 is 3.71. The van der Waals surface area contributed by atoms with Crippen molar-refractivity contribution in [2.24, 2.45) is 0 Å². The fourth-order valence-electron chi connectivity index (χ4n) is 1.80. The van der Waals surface area contributed by atoms with E-state index in [0.717, 1.165) is 5.75 Å². The van der Waals surface area contributed by atoms with E-state index in [0.29, 0.717) is 6.04 Å². The summed E-state index contributed by atoms with van der Waals surface area (Å²) in [6, 6.07) is 13.4. The molecule has 0 bridgehead atoms. The van der Waals surface area contributed by atoms with E-state index in [9.17, 15) is 0 Å². The van der Waals surface area contributed by atoms with Gasteiger partial charge in [-0.25, -0.2) is 0 Å². The molecule has 0 radical (unpaired) electrons. The Kier molecular flexibility index (Phi) is 5.78. The highest BCUT2D eigenvalue weighted by Gasteiger charge is 2.07. The first-order valence-electron chi connectivity index (χ1n) is 6.24. The first-order chi connectivity index (χ1) is 8.88. The summed E-state index contributed by atoms with van der Waals surface area (Å²) in [6.45, 7) is 0. The van der Waals surface area contributed by atoms with Gasteiger partial charge in [-0.2, -0.15) is 11.3 Å². The molecule has 1 unspecified atom stereocenters. The average Bonchev–Trinajstić information content (AvgIpc) is 2.93. The second-order valence-corrected chi connectivity index (χ2v) is 6.15. The molecule has 0 spiro atoms. The van der Waals surface area contributed by atoms with Gasteiger partial charge in [0.05, 0.1) is 0 Å². The summed E-state index contributed by atoms with van der Waals surface area (Å²) < 4.78 is 0. The molecule has 96 valence electrons. The molecule has 0 amide bonds. The lowest BCUT2D eigenvalue weighted by molar-refractivity contribution is 0.573. The summed E-state index contributed by atoms with van der Waals surface area (Å²) in [7, 11) is 2.06. The van der Waals surface area contributed by atoms with Crippen molar-refractivity contribution >= 4 is 23.1 Å². The molecule has 0 saturated heterocycles. The predicted molar refractivity (Wildman–Crippen MR) is 82.7 cm³/mol. The zero-order chi connectivity index (χ0) is 12.6. The van der Waals surface area contributed by atoms with E-state index in [4.69, 9.17) is 0 Å². The molecular weight excluding hydrogens is 258 g/mol. The summed E-state index contributed by atoms with van der Waals surface area (Å²) in [5.74, 6) is 1.13. The van der Waals surface area contributed by atoms with E-state index in [-0.39, 0.29) is 0 Å². The minimum atomic E-state index is 0.579. The van der Waals surface area contributed by atoms with Crippen molar-refractivity contribution in [1.82, 2.24) is 5.32 Å². The van der Waals surface area contributed by atoms with Crippen molar-refractivity contribution in [1.29, 1.82) is 0 Å². The largest absolute Gasteiger partial charge is 0.316 e. The van der Waals surface area contributed by atoms with Crippen LogP contribution in [0.1, 0.15) is 12.0 Å². The van der Waals surface area contributed by atoms with Crippen LogP contribution in [0.2, 0.25) is 0 Å². The van der Waals surface area contributed by atoms with Crippen LogP contribution in [-0.4, -0.2) is 18.8 Å². The van der Waals surface area contributed by atoms with Gasteiger partial charge in [0.15, 0.2) is 0 Å². The molecule has 3 heteroatoms. The zero-order valence-electron chi connectivity index (χ0n) is 10.6. The highest BCUT2D eigenvalue weighted by Crippen LogP contribution is 2.19. The van der Waals surface area contributed by atoms with Gasteiger partial charge in [-0.05, 0) is 54.4 Å². The third-order valence-corrected chi connectivity index (χ3v) is 4.87. The SMILES string of the molecule is CNC(CCc1ccsc1)CSc1ccccc1. The number of benzene rings is 1. The Morgan fingerprint density at radius 3 is 2.72 bits per heavy atom. The molecule has 0 aliphatic heterocycles. The highest BCUT2D eigenvalue weighted by atomic mass is 32.2. The first-order valence-corrected chi connectivity index (χ1v) is 8.17. The van der Waals surface area contributed by atoms with E-state index in [1.165, 1.54) is 23.3 Å². The zero-order valence-corrected chi connectivity index (χ0v) is 12.3. The van der Waals surface area contributed by atoms with Gasteiger partial charge in [0.2, 0.25) is 0 Å². The van der Waals surface area contributed by atoms with Crippen LogP contribution in [0.25, 0.3) is 0 Å². The van der Waals surface area contributed by atoms with E-state index in [2.05, 4.69) is 59.5 Å². The summed E-state index contributed by atoms with van der Waals surface area (Å²) in [4.78, 5) is 1.35. The first kappa shape index (κ1) is 13.7. The number of thioether (sulfide) groups is 1. The summed E-state index contributed by atoms with van der Waals surface area (Å²) in [6.07, 6.45) is 2.37. The van der Waals surface area contributed by atoms with Gasteiger partial charge in [0, 0.05) is 16.7 Å². The van der Waals surface area contributed by atoms with Gasteiger partial charge < -0.3 is 5.32 Å². The Bertz CT molecular complexity index is 425. The molecule has 1 heterocycles. The van der Waals surface area contributed by atoms with Crippen LogP contribution in [0.15, 0.2) is 52.1 Å². The standard InChI is InChI=1S/C15H19NS2/c1-16-14(8-7-13-9-10-17-11-13)12-18-15-5-3-2-4-6-15/h2-6,9-11,14,16H,7-8,12H2,1H3. The van der Waals surface area contributed by atoms with Crippen molar-refractivity contribution in [2.45, 2.75) is 23.8 Å². The Balaban J connectivity index is 1.75. The van der Waals surface area contributed by atoms with Crippen LogP contribution in [0.4, 0.5) is 0 Å². The van der Waals surface area contributed by atoms with E-state index in [1.807, 2.05) is 11.8 Å². The van der Waals surface area contributed by atoms with Crippen LogP contribution in [0.5, 0.6) is 0 Å². The van der Waals surface area contributed by atoms with Crippen molar-refractivity contribution in [3.63, 3.8) is 0 Å². The smallest absolute Gasteiger partial charge is 0.0161 e. The Labute approximate surface area is 118 Å². The third-order valence-electron chi connectivity index (χ3n) is 2.96. The Morgan fingerprint density at radius 1 is 1.22 bits per heavy atom. The topological polar surface area (TPSA) is 12.0 Å². The molecule has 2 aromatic rings. The highest BCUT2D eigenvalue weighted by molar-refractivity contribution is 7.99. The fraction of sp³-hybridized carbons (Fsp3) is 0.333. The molecule has 1 atom stereocenters. The number of hydrogen-bond acceptors (Lipinski definition) is 3. The molecule has 0 aliphatic rings. The number of rotatable bonds is 7. The Morgan fingerprint density at radius 2 is 2.06 bits per heavy atom. The van der Waals surface area contributed by atoms with Gasteiger partial charge in [-0.15, -0.1) is 11.8 Å². The van der Waals surface area contributed by atoms with Crippen molar-refractivity contribution in [2.75, 3.05) is 12.8 Å². The molecular formula is C15H19NS2. The molecule has 1 aromatic carbocycles. The quantitative estimate of drug-likeness (QED) is 0.766. The lowest BCUT2D eigenvalue weighted by Crippen LogP contribution is -2.28. The van der Waals surface area contributed by atoms with E-state index >= 15 is 0 Å². The maximum Gasteiger partial charge on any atom is 0.0161 e. The average molecular weight is 277 g/mol. The number of aryl methyl sites for hydroxylation is 1. The van der Waals surface area contributed by atoms with Gasteiger partial charge in [0.25, 0.3) is 0 Å². The minimum absolute atomic E-state index is 0.579. The van der Waals surface area contributed by atoms with Crippen molar-refractivity contribution in [3.05, 3.63) is 52.7 Å². The third kappa shape index (κ3) is 4.48. The monoisotopic (exact) mass is 277 g/mol. The van der Waals surface area contributed by atoms with Crippen LogP contribution in [0, 0.1) is 0 Å². The van der Waals surface area contributed by atoms with Crippen LogP contribution in [0.3, 0.4) is 0 Å². The molecule has 1 aromatic heterocycles. The maximum absolute atomic E-state index is 3.42. The van der Waals surface area contributed by atoms with Gasteiger partial charge in [-0.3, -0.25) is 0 Å². The lowest BCUT2D eigenvalue weighted by atomic mass is 10.1. The molecule has 0 saturated carbocycles. The van der Waals surface area contributed by atoms with Gasteiger partial charge in [0.1, 0.15) is 0 Å². The van der Waals surface area contributed by atoms with E-state index < -0.39 is 0 Å². The molecule has 18 heavy (non-hydrogen) atoms. The number of hydrogen-bond donors (Lipinski definition) is 1. The predicted octanol–water partition coefficient (Wildman–Crippen LogP) is 4.06. The number of nitrogens with one attached hydrogen (secondary N) is 1. The summed E-state index contributed by atoms with van der Waals surface area (Å²) in [5, 5.41) is 7.82. The van der Waals surface area contributed by atoms with E-state index in [1.54, 1.807) is 11.3 Å². The minimum Gasteiger partial charge on any atom is -0.316 e. The van der Waals surface area contributed by atoms with Crippen LogP contribution >= 0.6 is 23.1 Å². The van der Waals surface area contributed by atoms with Gasteiger partial charge >= 0.3 is 0 Å². The van der Waals surface area contributed by atoms with Crippen LogP contribution in [-0.2, 0) is 6.42 Å². The second-order valence-electron chi connectivity index (χ2n) is 4.28. The molecule has 1 nitrogen and oxygen atoms in total. The van der Waals surface area contributed by atoms with Crippen molar-refractivity contribution in [3.8, 4) is 0 Å². The molecule has 0 fully saturated rings. The normalized spacial score (nSPS) is 12.5. The molecule has 1 N–H and O–H groups in total. The van der Waals surface area contributed by atoms with Crippen molar-refractivity contribution < 1.29 is 0 Å². The number of thiophene rings is 1. The van der Waals surface area contributed by atoms with Crippen LogP contribution < -0.4 is 5.32 Å². The fourth-order valence-corrected chi connectivity index (χ4v) is 3.58. The second kappa shape index (κ2) is 7.62. The molecule has 0 aliphatic carbocycles.